The van der Waals surface area contributed by atoms with E-state index in [1.165, 1.54) is 24.2 Å². The van der Waals surface area contributed by atoms with Gasteiger partial charge in [0.1, 0.15) is 11.6 Å². The van der Waals surface area contributed by atoms with Crippen molar-refractivity contribution in [3.05, 3.63) is 95.8 Å². The number of carbonyl (C=O) groups excluding carboxylic acids is 1. The monoisotopic (exact) mass is 630 g/mol. The molecule has 2 aromatic heterocycles. The van der Waals surface area contributed by atoms with Gasteiger partial charge in [0.25, 0.3) is 5.91 Å². The van der Waals surface area contributed by atoms with Crippen LogP contribution in [0.3, 0.4) is 0 Å². The summed E-state index contributed by atoms with van der Waals surface area (Å²) >= 11 is 0. The van der Waals surface area contributed by atoms with E-state index in [9.17, 15) is 4.79 Å². The highest BCUT2D eigenvalue weighted by Crippen LogP contribution is 2.33. The standard InChI is InChI=1S/C38H42N6O3/c1-46-34-16-14-27(22-35(34)47-2)38(45)42-31-11-4-3-10-29(31)33-24-44-19-17-26(21-37(44)41-33)9-7-8-25-13-15-28(30(39)20-25)32-23-43-18-6-5-12-36(43)40-32/h3-4,10-11,13-16,20,22-24,26H,5-9,12,17-19,21,39H2,1-2H3,(H,42,45). The van der Waals surface area contributed by atoms with Crippen LogP contribution in [0.25, 0.3) is 22.5 Å². The zero-order valence-corrected chi connectivity index (χ0v) is 27.2. The molecule has 1 amide bonds. The molecule has 47 heavy (non-hydrogen) atoms. The van der Waals surface area contributed by atoms with Crippen LogP contribution in [-0.4, -0.2) is 39.2 Å². The lowest BCUT2D eigenvalue weighted by Gasteiger charge is -2.23. The molecule has 0 aliphatic carbocycles. The van der Waals surface area contributed by atoms with Crippen molar-refractivity contribution in [1.29, 1.82) is 0 Å². The Hall–Kier alpha value is -5.05. The van der Waals surface area contributed by atoms with Gasteiger partial charge in [0.05, 0.1) is 31.3 Å². The number of amides is 1. The van der Waals surface area contributed by atoms with Gasteiger partial charge in [-0.2, -0.15) is 0 Å². The van der Waals surface area contributed by atoms with Crippen LogP contribution in [0.4, 0.5) is 11.4 Å². The number of nitrogen functional groups attached to an aromatic ring is 1. The van der Waals surface area contributed by atoms with Crippen LogP contribution in [0, 0.1) is 5.92 Å². The molecule has 5 aromatic rings. The third-order valence-electron chi connectivity index (χ3n) is 9.58. The molecular formula is C38H42N6O3. The fraction of sp³-hybridized carbons (Fsp3) is 0.342. The number of para-hydroxylation sites is 1. The number of carbonyl (C=O) groups is 1. The number of ether oxygens (including phenoxy) is 2. The van der Waals surface area contributed by atoms with Crippen LogP contribution in [0.2, 0.25) is 0 Å². The van der Waals surface area contributed by atoms with Gasteiger partial charge in [-0.25, -0.2) is 9.97 Å². The highest BCUT2D eigenvalue weighted by atomic mass is 16.5. The van der Waals surface area contributed by atoms with Crippen LogP contribution in [0.1, 0.15) is 59.7 Å². The molecule has 0 spiro atoms. The Balaban J connectivity index is 0.971. The summed E-state index contributed by atoms with van der Waals surface area (Å²) in [6.07, 6.45) is 13.1. The van der Waals surface area contributed by atoms with E-state index in [1.807, 2.05) is 24.3 Å². The summed E-state index contributed by atoms with van der Waals surface area (Å²) in [5.41, 5.74) is 13.6. The first-order valence-corrected chi connectivity index (χ1v) is 16.6. The first-order valence-electron chi connectivity index (χ1n) is 16.6. The summed E-state index contributed by atoms with van der Waals surface area (Å²) < 4.78 is 15.2. The van der Waals surface area contributed by atoms with E-state index in [2.05, 4.69) is 45.0 Å². The molecule has 0 radical (unpaired) electrons. The van der Waals surface area contributed by atoms with E-state index in [0.717, 1.165) is 91.3 Å². The molecule has 0 saturated heterocycles. The number of imidazole rings is 2. The predicted molar refractivity (Wildman–Crippen MR) is 185 cm³/mol. The quantitative estimate of drug-likeness (QED) is 0.158. The largest absolute Gasteiger partial charge is 0.493 e. The second-order valence-electron chi connectivity index (χ2n) is 12.7. The van der Waals surface area contributed by atoms with E-state index in [4.69, 9.17) is 25.2 Å². The molecule has 9 nitrogen and oxygen atoms in total. The number of nitrogens with two attached hydrogens (primary N) is 1. The number of rotatable bonds is 10. The Morgan fingerprint density at radius 2 is 1.68 bits per heavy atom. The van der Waals surface area contributed by atoms with Gasteiger partial charge in [0.15, 0.2) is 11.5 Å². The van der Waals surface area contributed by atoms with Gasteiger partial charge >= 0.3 is 0 Å². The van der Waals surface area contributed by atoms with Gasteiger partial charge in [-0.15, -0.1) is 0 Å². The lowest BCUT2D eigenvalue weighted by Crippen LogP contribution is -2.19. The highest BCUT2D eigenvalue weighted by Gasteiger charge is 2.23. The zero-order valence-electron chi connectivity index (χ0n) is 27.2. The fourth-order valence-corrected chi connectivity index (χ4v) is 6.99. The molecule has 2 aliphatic rings. The molecule has 0 saturated carbocycles. The third kappa shape index (κ3) is 6.48. The number of aromatic nitrogens is 4. The van der Waals surface area contributed by atoms with Crippen LogP contribution in [-0.2, 0) is 32.4 Å². The summed E-state index contributed by atoms with van der Waals surface area (Å²) in [4.78, 5) is 23.1. The fourth-order valence-electron chi connectivity index (χ4n) is 6.99. The number of fused-ring (bicyclic) bond motifs is 2. The summed E-state index contributed by atoms with van der Waals surface area (Å²) in [5, 5.41) is 3.08. The highest BCUT2D eigenvalue weighted by molar-refractivity contribution is 6.06. The minimum Gasteiger partial charge on any atom is -0.493 e. The average molecular weight is 631 g/mol. The Morgan fingerprint density at radius 3 is 2.49 bits per heavy atom. The number of nitrogens with zero attached hydrogens (tertiary/aromatic N) is 4. The second kappa shape index (κ2) is 13.4. The van der Waals surface area contributed by atoms with Crippen molar-refractivity contribution in [3.63, 3.8) is 0 Å². The number of methoxy groups -OCH3 is 2. The van der Waals surface area contributed by atoms with Crippen LogP contribution < -0.4 is 20.5 Å². The normalized spacial score (nSPS) is 15.5. The molecule has 0 fully saturated rings. The maximum atomic E-state index is 13.2. The lowest BCUT2D eigenvalue weighted by atomic mass is 9.91. The molecule has 1 atom stereocenters. The topological polar surface area (TPSA) is 109 Å². The van der Waals surface area contributed by atoms with E-state index in [-0.39, 0.29) is 5.91 Å². The zero-order chi connectivity index (χ0) is 32.3. The maximum Gasteiger partial charge on any atom is 0.255 e. The summed E-state index contributed by atoms with van der Waals surface area (Å²) in [6, 6.07) is 19.5. The minimum absolute atomic E-state index is 0.223. The minimum atomic E-state index is -0.223. The molecule has 4 heterocycles. The van der Waals surface area contributed by atoms with Crippen molar-refractivity contribution >= 4 is 17.3 Å². The molecule has 242 valence electrons. The van der Waals surface area contributed by atoms with Gasteiger partial charge in [0, 0.05) is 60.7 Å². The summed E-state index contributed by atoms with van der Waals surface area (Å²) in [5.74, 6) is 3.74. The lowest BCUT2D eigenvalue weighted by molar-refractivity contribution is 0.102. The molecule has 3 aromatic carbocycles. The smallest absolute Gasteiger partial charge is 0.255 e. The molecule has 3 N–H and O–H groups in total. The number of aryl methyl sites for hydroxylation is 4. The van der Waals surface area contributed by atoms with Crippen LogP contribution in [0.15, 0.2) is 73.1 Å². The molecule has 0 bridgehead atoms. The van der Waals surface area contributed by atoms with Crippen molar-refractivity contribution in [2.75, 3.05) is 25.3 Å². The number of hydrogen-bond acceptors (Lipinski definition) is 6. The Labute approximate surface area is 275 Å². The Bertz CT molecular complexity index is 1880. The van der Waals surface area contributed by atoms with Gasteiger partial charge in [-0.05, 0) is 80.3 Å². The van der Waals surface area contributed by atoms with Crippen molar-refractivity contribution in [1.82, 2.24) is 19.1 Å². The number of anilines is 2. The van der Waals surface area contributed by atoms with Crippen LogP contribution in [0.5, 0.6) is 11.5 Å². The first kappa shape index (κ1) is 30.6. The summed E-state index contributed by atoms with van der Waals surface area (Å²) in [7, 11) is 3.13. The number of hydrogen-bond donors (Lipinski definition) is 2. The molecule has 9 heteroatoms. The van der Waals surface area contributed by atoms with Gasteiger partial charge < -0.3 is 29.7 Å². The first-order chi connectivity index (χ1) is 23.0. The van der Waals surface area contributed by atoms with E-state index in [1.54, 1.807) is 32.4 Å². The number of benzene rings is 3. The van der Waals surface area contributed by atoms with Crippen molar-refractivity contribution in [3.8, 4) is 34.0 Å². The Kier molecular flexibility index (Phi) is 8.70. The molecular weight excluding hydrogens is 588 g/mol. The van der Waals surface area contributed by atoms with Crippen molar-refractivity contribution in [2.24, 2.45) is 5.92 Å². The molecule has 1 unspecified atom stereocenters. The van der Waals surface area contributed by atoms with E-state index in [0.29, 0.717) is 23.0 Å². The predicted octanol–water partition coefficient (Wildman–Crippen LogP) is 7.19. The number of nitrogens with one attached hydrogen (secondary N) is 1. The summed E-state index contributed by atoms with van der Waals surface area (Å²) in [6.45, 7) is 2.00. The molecule has 2 aliphatic heterocycles. The van der Waals surface area contributed by atoms with Gasteiger partial charge in [-0.1, -0.05) is 30.3 Å². The van der Waals surface area contributed by atoms with Crippen molar-refractivity contribution in [2.45, 2.75) is 64.5 Å². The second-order valence-corrected chi connectivity index (χ2v) is 12.7. The Morgan fingerprint density at radius 1 is 0.894 bits per heavy atom. The van der Waals surface area contributed by atoms with E-state index >= 15 is 0 Å². The maximum absolute atomic E-state index is 13.2. The average Bonchev–Trinajstić information content (AvgIpc) is 3.72. The van der Waals surface area contributed by atoms with Crippen LogP contribution >= 0.6 is 0 Å². The van der Waals surface area contributed by atoms with Gasteiger partial charge in [0.2, 0.25) is 0 Å². The van der Waals surface area contributed by atoms with E-state index < -0.39 is 0 Å². The van der Waals surface area contributed by atoms with Crippen molar-refractivity contribution < 1.29 is 14.3 Å². The SMILES string of the molecule is COc1ccc(C(=O)Nc2ccccc2-c2cn3c(n2)CC(CCCc2ccc(-c4cn5c(n4)CCCC5)c(N)c2)CC3)cc1OC. The van der Waals surface area contributed by atoms with Gasteiger partial charge in [-0.3, -0.25) is 4.79 Å². The molecule has 7 rings (SSSR count). The third-order valence-corrected chi connectivity index (χ3v) is 9.58.